The summed E-state index contributed by atoms with van der Waals surface area (Å²) in [6.07, 6.45) is -3.61. The number of benzene rings is 1. The van der Waals surface area contributed by atoms with E-state index in [9.17, 15) is 39.6 Å². The second-order valence-corrected chi connectivity index (χ2v) is 11.1. The molecule has 39 heavy (non-hydrogen) atoms. The van der Waals surface area contributed by atoms with E-state index >= 15 is 0 Å². The van der Waals surface area contributed by atoms with Crippen LogP contribution in [0.5, 0.6) is 0 Å². The topological polar surface area (TPSA) is 105 Å². The molecule has 3 aromatic rings. The Balaban J connectivity index is 1.36. The second-order valence-electron chi connectivity index (χ2n) is 9.21. The van der Waals surface area contributed by atoms with Crippen molar-refractivity contribution < 1.29 is 39.6 Å². The van der Waals surface area contributed by atoms with Crippen LogP contribution in [0, 0.1) is 17.6 Å². The van der Waals surface area contributed by atoms with Crippen LogP contribution >= 0.6 is 0 Å². The van der Waals surface area contributed by atoms with Gasteiger partial charge in [0.1, 0.15) is 23.8 Å². The zero-order valence-electron chi connectivity index (χ0n) is 19.7. The van der Waals surface area contributed by atoms with Crippen LogP contribution in [0.15, 0.2) is 53.8 Å². The number of sulfonamides is 1. The van der Waals surface area contributed by atoms with Crippen molar-refractivity contribution >= 4 is 15.9 Å². The molecule has 1 aliphatic heterocycles. The molecule has 3 heterocycles. The fraction of sp³-hybridized carbons (Fsp3) is 0.333. The van der Waals surface area contributed by atoms with Crippen molar-refractivity contribution in [2.75, 3.05) is 0 Å². The highest BCUT2D eigenvalue weighted by Gasteiger charge is 2.58. The maximum atomic E-state index is 14.6. The van der Waals surface area contributed by atoms with Crippen molar-refractivity contribution in [1.82, 2.24) is 24.6 Å². The van der Waals surface area contributed by atoms with Crippen LogP contribution in [0.3, 0.4) is 0 Å². The number of aromatic nitrogens is 3. The summed E-state index contributed by atoms with van der Waals surface area (Å²) in [5, 5.41) is 2.44. The second kappa shape index (κ2) is 9.86. The number of hydrogen-bond acceptors (Lipinski definition) is 6. The normalized spacial score (nSPS) is 23.2. The first-order valence-electron chi connectivity index (χ1n) is 11.6. The van der Waals surface area contributed by atoms with E-state index in [2.05, 4.69) is 20.3 Å². The van der Waals surface area contributed by atoms with Gasteiger partial charge in [-0.1, -0.05) is 0 Å². The number of amides is 1. The van der Waals surface area contributed by atoms with Crippen LogP contribution in [0.2, 0.25) is 0 Å². The lowest BCUT2D eigenvalue weighted by molar-refractivity contribution is -0.145. The van der Waals surface area contributed by atoms with Crippen LogP contribution in [0.1, 0.15) is 24.2 Å². The van der Waals surface area contributed by atoms with Gasteiger partial charge in [0.05, 0.1) is 16.8 Å². The molecule has 8 nitrogen and oxygen atoms in total. The molecule has 1 N–H and O–H groups in total. The van der Waals surface area contributed by atoms with Gasteiger partial charge >= 0.3 is 6.18 Å². The van der Waals surface area contributed by atoms with Gasteiger partial charge < -0.3 is 5.32 Å². The minimum absolute atomic E-state index is 0.0265. The summed E-state index contributed by atoms with van der Waals surface area (Å²) in [6, 6.07) is 3.00. The predicted octanol–water partition coefficient (Wildman–Crippen LogP) is 3.64. The lowest BCUT2D eigenvalue weighted by atomic mass is 9.97. The predicted molar refractivity (Wildman–Crippen MR) is 123 cm³/mol. The van der Waals surface area contributed by atoms with Crippen molar-refractivity contribution in [3.63, 3.8) is 0 Å². The molecule has 1 aliphatic carbocycles. The maximum absolute atomic E-state index is 14.6. The van der Waals surface area contributed by atoms with E-state index in [4.69, 9.17) is 0 Å². The molecule has 15 heteroatoms. The van der Waals surface area contributed by atoms with Crippen LogP contribution in [0.4, 0.5) is 26.3 Å². The smallest absolute Gasteiger partial charge is 0.351 e. The molecule has 0 radical (unpaired) electrons. The molecule has 0 spiro atoms. The number of piperidine rings is 1. The third-order valence-electron chi connectivity index (χ3n) is 6.79. The van der Waals surface area contributed by atoms with Gasteiger partial charge in [-0.25, -0.2) is 31.6 Å². The third-order valence-corrected chi connectivity index (χ3v) is 8.74. The van der Waals surface area contributed by atoms with Gasteiger partial charge in [0, 0.05) is 42.0 Å². The number of nitrogens with zero attached hydrogens (tertiary/aromatic N) is 4. The Labute approximate surface area is 218 Å². The Morgan fingerprint density at radius 2 is 1.69 bits per heavy atom. The highest BCUT2D eigenvalue weighted by atomic mass is 32.2. The molecular weight excluding hydrogens is 552 g/mol. The van der Waals surface area contributed by atoms with Crippen molar-refractivity contribution in [1.29, 1.82) is 0 Å². The zero-order valence-corrected chi connectivity index (χ0v) is 20.6. The first-order chi connectivity index (χ1) is 18.4. The first kappa shape index (κ1) is 27.0. The largest absolute Gasteiger partial charge is 0.451 e. The molecule has 2 aliphatic rings. The summed E-state index contributed by atoms with van der Waals surface area (Å²) in [7, 11) is -4.29. The lowest BCUT2D eigenvalue weighted by Gasteiger charge is -2.34. The van der Waals surface area contributed by atoms with Gasteiger partial charge in [0.2, 0.25) is 21.8 Å². The Kier molecular flexibility index (Phi) is 6.83. The molecule has 4 unspecified atom stereocenters. The Bertz CT molecular complexity index is 1500. The van der Waals surface area contributed by atoms with E-state index in [0.717, 1.165) is 47.2 Å². The summed E-state index contributed by atoms with van der Waals surface area (Å²) in [5.41, 5.74) is -0.0275. The number of fused-ring (bicyclic) bond motifs is 2. The highest BCUT2D eigenvalue weighted by molar-refractivity contribution is 7.89. The third kappa shape index (κ3) is 5.07. The maximum Gasteiger partial charge on any atom is 0.451 e. The van der Waals surface area contributed by atoms with E-state index in [0.29, 0.717) is 0 Å². The summed E-state index contributed by atoms with van der Waals surface area (Å²) in [6.45, 7) is -0.447. The quantitative estimate of drug-likeness (QED) is 0.453. The number of hydrogen-bond donors (Lipinski definition) is 1. The van der Waals surface area contributed by atoms with Crippen molar-refractivity contribution in [2.24, 2.45) is 5.92 Å². The van der Waals surface area contributed by atoms with E-state index in [-0.39, 0.29) is 34.6 Å². The summed E-state index contributed by atoms with van der Waals surface area (Å²) < 4.78 is 108. The molecule has 1 saturated heterocycles. The van der Waals surface area contributed by atoms with Gasteiger partial charge in [-0.15, -0.1) is 0 Å². The molecule has 5 rings (SSSR count). The number of alkyl halides is 4. The monoisotopic (exact) mass is 571 g/mol. The molecule has 4 atom stereocenters. The molecule has 1 aromatic carbocycles. The molecule has 2 fully saturated rings. The Morgan fingerprint density at radius 1 is 1.03 bits per heavy atom. The lowest BCUT2D eigenvalue weighted by Crippen LogP contribution is -2.54. The zero-order chi connectivity index (χ0) is 28.1. The van der Waals surface area contributed by atoms with Crippen LogP contribution in [-0.4, -0.2) is 51.8 Å². The fourth-order valence-corrected chi connectivity index (χ4v) is 6.83. The van der Waals surface area contributed by atoms with Gasteiger partial charge in [-0.05, 0) is 43.2 Å². The average molecular weight is 572 g/mol. The van der Waals surface area contributed by atoms with E-state index < -0.39 is 70.3 Å². The fourth-order valence-electron chi connectivity index (χ4n) is 4.99. The average Bonchev–Trinajstić information content (AvgIpc) is 3.45. The van der Waals surface area contributed by atoms with Crippen LogP contribution in [-0.2, 0) is 27.5 Å². The highest BCUT2D eigenvalue weighted by Crippen LogP contribution is 2.47. The van der Waals surface area contributed by atoms with Gasteiger partial charge in [-0.3, -0.25) is 9.78 Å². The first-order valence-corrected chi connectivity index (χ1v) is 13.0. The van der Waals surface area contributed by atoms with Crippen LogP contribution in [0.25, 0.3) is 11.3 Å². The van der Waals surface area contributed by atoms with Gasteiger partial charge in [0.25, 0.3) is 0 Å². The molecular formula is C24H19F6N5O3S. The molecule has 1 saturated carbocycles. The number of carbonyl (C=O) groups is 1. The van der Waals surface area contributed by atoms with Gasteiger partial charge in [0.15, 0.2) is 0 Å². The number of halogens is 6. The van der Waals surface area contributed by atoms with E-state index in [1.54, 1.807) is 0 Å². The Morgan fingerprint density at radius 3 is 2.33 bits per heavy atom. The number of carbonyl (C=O) groups excluding carboxylic acids is 1. The van der Waals surface area contributed by atoms with E-state index in [1.807, 2.05) is 0 Å². The number of pyridine rings is 1. The SMILES string of the molecule is O=C(NCc1cc(-c2cnc(C(F)(F)F)nc2)ncc1F)C1C2CC(CC2F)N1S(=O)(=O)c1ccc(F)cc1. The molecule has 2 aromatic heterocycles. The molecule has 1 amide bonds. The molecule has 206 valence electrons. The summed E-state index contributed by atoms with van der Waals surface area (Å²) in [5.74, 6) is -4.65. The standard InChI is InChI=1S/C24H19F6N5O3S/c25-14-1-3-16(4-2-14)39(37,38)35-15-6-17(18(26)7-15)21(35)22(36)32-8-12-5-20(31-11-19(12)27)13-9-33-23(34-10-13)24(28,29)30/h1-5,9-11,15,17-18,21H,6-8H2,(H,32,36). The van der Waals surface area contributed by atoms with Crippen LogP contribution < -0.4 is 5.32 Å². The minimum Gasteiger partial charge on any atom is -0.351 e. The number of nitrogens with one attached hydrogen (secondary N) is 1. The van der Waals surface area contributed by atoms with Crippen molar-refractivity contribution in [3.8, 4) is 11.3 Å². The number of rotatable bonds is 6. The summed E-state index contributed by atoms with van der Waals surface area (Å²) in [4.78, 5) is 23.2. The van der Waals surface area contributed by atoms with E-state index in [1.165, 1.54) is 6.07 Å². The van der Waals surface area contributed by atoms with Gasteiger partial charge in [-0.2, -0.15) is 17.5 Å². The van der Waals surface area contributed by atoms with Crippen molar-refractivity contribution in [2.45, 2.75) is 48.7 Å². The Hall–Kier alpha value is -3.59. The van der Waals surface area contributed by atoms with Crippen molar-refractivity contribution in [3.05, 3.63) is 71.9 Å². The summed E-state index contributed by atoms with van der Waals surface area (Å²) >= 11 is 0. The molecule has 2 bridgehead atoms. The minimum atomic E-state index is -4.75.